The number of nitrogens with zero attached hydrogens (tertiary/aromatic N) is 5. The minimum atomic E-state index is -4.95. The highest BCUT2D eigenvalue weighted by molar-refractivity contribution is 6.07. The monoisotopic (exact) mass is 604 g/mol. The number of aromatic nitrogens is 3. The lowest BCUT2D eigenvalue weighted by Gasteiger charge is -2.50. The highest BCUT2D eigenvalue weighted by atomic mass is 19.4. The summed E-state index contributed by atoms with van der Waals surface area (Å²) in [7, 11) is 4.21. The number of carbonyl (C=O) groups excluding carboxylic acids is 1. The largest absolute Gasteiger partial charge is 0.417 e. The van der Waals surface area contributed by atoms with Crippen molar-refractivity contribution < 1.29 is 31.6 Å². The number of pyridine rings is 1. The van der Waals surface area contributed by atoms with Crippen LogP contribution >= 0.6 is 0 Å². The molecule has 0 aliphatic carbocycles. The van der Waals surface area contributed by atoms with Crippen LogP contribution in [-0.2, 0) is 10.9 Å². The Morgan fingerprint density at radius 2 is 1.67 bits per heavy atom. The molecule has 1 aromatic carbocycles. The molecule has 1 amide bonds. The van der Waals surface area contributed by atoms with Crippen LogP contribution in [0.15, 0.2) is 41.6 Å². The Kier molecular flexibility index (Phi) is 8.18. The molecule has 2 unspecified atom stereocenters. The number of hydrogen-bond acceptors (Lipinski definition) is 7. The third-order valence-electron chi connectivity index (χ3n) is 8.63. The molecule has 230 valence electrons. The van der Waals surface area contributed by atoms with Gasteiger partial charge in [-0.25, -0.2) is 14.4 Å². The molecule has 3 aromatic rings. The van der Waals surface area contributed by atoms with Crippen molar-refractivity contribution in [2.45, 2.75) is 32.1 Å². The van der Waals surface area contributed by atoms with Crippen molar-refractivity contribution in [2.75, 3.05) is 68.6 Å². The van der Waals surface area contributed by atoms with Crippen molar-refractivity contribution in [3.63, 3.8) is 0 Å². The fraction of sp³-hybridized carbons (Fsp3) is 0.448. The topological polar surface area (TPSA) is 103 Å². The summed E-state index contributed by atoms with van der Waals surface area (Å²) in [5.41, 5.74) is -2.29. The van der Waals surface area contributed by atoms with Crippen molar-refractivity contribution in [3.8, 4) is 11.1 Å². The van der Waals surface area contributed by atoms with Gasteiger partial charge >= 0.3 is 6.18 Å². The Morgan fingerprint density at radius 3 is 2.28 bits per heavy atom. The number of aromatic amines is 1. The van der Waals surface area contributed by atoms with E-state index in [1.807, 2.05) is 9.80 Å². The van der Waals surface area contributed by atoms with Gasteiger partial charge in [0.25, 0.3) is 5.91 Å². The van der Waals surface area contributed by atoms with Gasteiger partial charge in [-0.15, -0.1) is 0 Å². The first-order valence-electron chi connectivity index (χ1n) is 13.9. The molecule has 0 saturated carbocycles. The number of halogens is 4. The number of H-pyrrole nitrogens is 1. The summed E-state index contributed by atoms with van der Waals surface area (Å²) in [5.74, 6) is -1.24. The van der Waals surface area contributed by atoms with Gasteiger partial charge in [0.2, 0.25) is 11.5 Å². The molecule has 2 atom stereocenters. The van der Waals surface area contributed by atoms with Crippen molar-refractivity contribution in [3.05, 3.63) is 64.1 Å². The lowest BCUT2D eigenvalue weighted by atomic mass is 10.0. The number of likely N-dealkylation sites (N-methyl/N-ethyl adjacent to an activating group) is 1. The average Bonchev–Trinajstić information content (AvgIpc) is 2.96. The smallest absolute Gasteiger partial charge is 0.378 e. The Morgan fingerprint density at radius 1 is 1.05 bits per heavy atom. The maximum Gasteiger partial charge on any atom is 0.417 e. The predicted octanol–water partition coefficient (Wildman–Crippen LogP) is 3.75. The number of benzene rings is 1. The molecule has 0 radical (unpaired) electrons. The molecule has 4 heterocycles. The summed E-state index contributed by atoms with van der Waals surface area (Å²) in [6, 6.07) is 3.27. The Labute approximate surface area is 245 Å². The molecule has 0 spiro atoms. The Hall–Kier alpha value is -4.04. The first-order chi connectivity index (χ1) is 20.3. The number of piperazine rings is 1. The summed E-state index contributed by atoms with van der Waals surface area (Å²) in [4.78, 5) is 39.8. The molecule has 2 aliphatic rings. The fourth-order valence-electron chi connectivity index (χ4n) is 5.38. The molecule has 2 fully saturated rings. The van der Waals surface area contributed by atoms with E-state index in [0.717, 1.165) is 10.7 Å². The Balaban J connectivity index is 1.55. The van der Waals surface area contributed by atoms with E-state index in [0.29, 0.717) is 62.7 Å². The standard InChI is InChI=1S/C29H33F4N7O3/c1-17-15-39(16-18(2)40(17,3)4)25-11-23(30)20(19-12-35-28(36-13-19)38-5-7-43-8-6-38)9-24(25)37-27(42)21-14-34-26(41)10-22(21)29(31,32)33/h9-14,17-18H,5-8,15-16H2,1-4H3,(H-,34,37,41,42)/p+1. The lowest BCUT2D eigenvalue weighted by Crippen LogP contribution is -2.65. The van der Waals surface area contributed by atoms with Crippen molar-refractivity contribution in [2.24, 2.45) is 0 Å². The first-order valence-corrected chi connectivity index (χ1v) is 13.9. The quantitative estimate of drug-likeness (QED) is 0.338. The normalized spacial score (nSPS) is 20.7. The number of anilines is 3. The summed E-state index contributed by atoms with van der Waals surface area (Å²) in [6.45, 7) is 7.48. The molecule has 2 saturated heterocycles. The summed E-state index contributed by atoms with van der Waals surface area (Å²) >= 11 is 0. The van der Waals surface area contributed by atoms with Crippen LogP contribution in [0.3, 0.4) is 0 Å². The third kappa shape index (κ3) is 6.20. The van der Waals surface area contributed by atoms with Crippen molar-refractivity contribution >= 4 is 23.2 Å². The van der Waals surface area contributed by atoms with Gasteiger partial charge in [-0.1, -0.05) is 0 Å². The van der Waals surface area contributed by atoms with Gasteiger partial charge in [-0.05, 0) is 26.0 Å². The van der Waals surface area contributed by atoms with E-state index in [2.05, 4.69) is 48.2 Å². The number of alkyl halides is 3. The van der Waals surface area contributed by atoms with E-state index >= 15 is 4.39 Å². The van der Waals surface area contributed by atoms with Gasteiger partial charge < -0.3 is 29.3 Å². The zero-order chi connectivity index (χ0) is 31.1. The van der Waals surface area contributed by atoms with E-state index in [1.54, 1.807) is 0 Å². The van der Waals surface area contributed by atoms with Gasteiger partial charge in [0.1, 0.15) is 17.9 Å². The van der Waals surface area contributed by atoms with Gasteiger partial charge in [-0.2, -0.15) is 13.2 Å². The molecule has 2 N–H and O–H groups in total. The number of morpholine rings is 1. The second kappa shape index (κ2) is 11.6. The van der Waals surface area contributed by atoms with Gasteiger partial charge in [0.15, 0.2) is 0 Å². The highest BCUT2D eigenvalue weighted by Crippen LogP contribution is 2.38. The predicted molar refractivity (Wildman–Crippen MR) is 154 cm³/mol. The van der Waals surface area contributed by atoms with Crippen LogP contribution in [0.5, 0.6) is 0 Å². The number of carbonyl (C=O) groups is 1. The molecule has 5 rings (SSSR count). The first kappa shape index (κ1) is 30.4. The van der Waals surface area contributed by atoms with E-state index in [-0.39, 0.29) is 23.3 Å². The number of amides is 1. The molecular formula is C29H34F4N7O3+. The van der Waals surface area contributed by atoms with E-state index in [4.69, 9.17) is 4.74 Å². The van der Waals surface area contributed by atoms with E-state index < -0.39 is 34.6 Å². The second-order valence-corrected chi connectivity index (χ2v) is 11.5. The molecule has 10 nitrogen and oxygen atoms in total. The molecule has 2 aliphatic heterocycles. The maximum atomic E-state index is 15.8. The number of hydrogen-bond donors (Lipinski definition) is 2. The van der Waals surface area contributed by atoms with Gasteiger partial charge in [-0.3, -0.25) is 9.59 Å². The highest BCUT2D eigenvalue weighted by Gasteiger charge is 2.39. The van der Waals surface area contributed by atoms with Gasteiger partial charge in [0.05, 0.1) is 62.9 Å². The number of rotatable bonds is 5. The SMILES string of the molecule is CC1CN(c2cc(F)c(-c3cnc(N4CCOCC4)nc3)cc2NC(=O)c2c[nH]c(=O)cc2C(F)(F)F)CC(C)[N+]1(C)C. The molecule has 14 heteroatoms. The maximum absolute atomic E-state index is 15.8. The van der Waals surface area contributed by atoms with E-state index in [1.165, 1.54) is 24.5 Å². The Bertz CT molecular complexity index is 1540. The van der Waals surface area contributed by atoms with Crippen LogP contribution in [0.2, 0.25) is 0 Å². The number of quaternary nitrogens is 1. The number of nitrogens with one attached hydrogen (secondary N) is 2. The zero-order valence-electron chi connectivity index (χ0n) is 24.3. The van der Waals surface area contributed by atoms with Crippen molar-refractivity contribution in [1.29, 1.82) is 0 Å². The molecule has 2 aromatic heterocycles. The molecular weight excluding hydrogens is 570 g/mol. The molecule has 0 bridgehead atoms. The summed E-state index contributed by atoms with van der Waals surface area (Å²) in [5, 5.41) is 2.57. The third-order valence-corrected chi connectivity index (χ3v) is 8.63. The van der Waals surface area contributed by atoms with Gasteiger partial charge in [0, 0.05) is 48.9 Å². The second-order valence-electron chi connectivity index (χ2n) is 11.5. The average molecular weight is 605 g/mol. The fourth-order valence-corrected chi connectivity index (χ4v) is 5.38. The minimum absolute atomic E-state index is 0.0688. The van der Waals surface area contributed by atoms with Crippen LogP contribution in [-0.4, -0.2) is 90.9 Å². The van der Waals surface area contributed by atoms with Crippen LogP contribution in [0.25, 0.3) is 11.1 Å². The summed E-state index contributed by atoms with van der Waals surface area (Å²) in [6.07, 6.45) is -1.28. The van der Waals surface area contributed by atoms with E-state index in [9.17, 15) is 22.8 Å². The van der Waals surface area contributed by atoms with Crippen LogP contribution in [0.4, 0.5) is 34.9 Å². The zero-order valence-corrected chi connectivity index (χ0v) is 24.3. The minimum Gasteiger partial charge on any atom is -0.378 e. The number of ether oxygens (including phenoxy) is 1. The van der Waals surface area contributed by atoms with Crippen LogP contribution in [0, 0.1) is 5.82 Å². The lowest BCUT2D eigenvalue weighted by molar-refractivity contribution is -0.935. The molecule has 43 heavy (non-hydrogen) atoms. The van der Waals surface area contributed by atoms with Crippen molar-refractivity contribution in [1.82, 2.24) is 15.0 Å². The van der Waals surface area contributed by atoms with Crippen LogP contribution < -0.4 is 20.7 Å². The summed E-state index contributed by atoms with van der Waals surface area (Å²) < 4.78 is 63.1. The van der Waals surface area contributed by atoms with Crippen LogP contribution in [0.1, 0.15) is 29.8 Å².